The largest absolute Gasteiger partial charge is 0.394 e. The van der Waals surface area contributed by atoms with Gasteiger partial charge in [0.15, 0.2) is 0 Å². The molecule has 1 aromatic heterocycles. The van der Waals surface area contributed by atoms with Gasteiger partial charge in [0, 0.05) is 46.0 Å². The summed E-state index contributed by atoms with van der Waals surface area (Å²) in [6.45, 7) is 4.40. The number of likely N-dealkylation sites (tertiary alicyclic amines) is 1. The van der Waals surface area contributed by atoms with Crippen molar-refractivity contribution in [3.05, 3.63) is 24.4 Å². The van der Waals surface area contributed by atoms with E-state index in [1.807, 2.05) is 18.2 Å². The highest BCUT2D eigenvalue weighted by Gasteiger charge is 2.35. The third-order valence-corrected chi connectivity index (χ3v) is 4.94. The van der Waals surface area contributed by atoms with Crippen LogP contribution in [0.25, 0.3) is 0 Å². The predicted octanol–water partition coefficient (Wildman–Crippen LogP) is -0.188. The molecule has 2 aliphatic rings. The highest BCUT2D eigenvalue weighted by Crippen LogP contribution is 2.20. The number of rotatable bonds is 5. The van der Waals surface area contributed by atoms with E-state index < -0.39 is 0 Å². The molecule has 0 aliphatic carbocycles. The molecule has 1 aromatic rings. The van der Waals surface area contributed by atoms with Crippen LogP contribution >= 0.6 is 0 Å². The van der Waals surface area contributed by atoms with Crippen molar-refractivity contribution >= 4 is 11.7 Å². The molecule has 0 bridgehead atoms. The van der Waals surface area contributed by atoms with E-state index in [9.17, 15) is 9.90 Å². The smallest absolute Gasteiger partial charge is 0.237 e. The molecule has 7 heteroatoms. The van der Waals surface area contributed by atoms with Crippen LogP contribution in [-0.2, 0) is 9.53 Å². The first-order valence-corrected chi connectivity index (χ1v) is 8.52. The van der Waals surface area contributed by atoms with E-state index in [0.29, 0.717) is 19.5 Å². The molecule has 2 aliphatic heterocycles. The quantitative estimate of drug-likeness (QED) is 0.805. The minimum Gasteiger partial charge on any atom is -0.394 e. The summed E-state index contributed by atoms with van der Waals surface area (Å²) < 4.78 is 5.34. The summed E-state index contributed by atoms with van der Waals surface area (Å²) >= 11 is 0. The Bertz CT molecular complexity index is 534. The lowest BCUT2D eigenvalue weighted by molar-refractivity contribution is -0.134. The van der Waals surface area contributed by atoms with Crippen molar-refractivity contribution in [2.45, 2.75) is 18.6 Å². The number of ether oxygens (including phenoxy) is 1. The molecule has 1 N–H and O–H groups in total. The second kappa shape index (κ2) is 7.92. The Kier molecular flexibility index (Phi) is 5.65. The van der Waals surface area contributed by atoms with E-state index in [0.717, 1.165) is 32.0 Å². The molecule has 0 saturated carbocycles. The zero-order valence-electron chi connectivity index (χ0n) is 14.2. The number of methoxy groups -OCH3 is 1. The molecule has 7 nitrogen and oxygen atoms in total. The number of amides is 1. The molecule has 132 valence electrons. The summed E-state index contributed by atoms with van der Waals surface area (Å²) in [6, 6.07) is 5.81. The molecule has 0 aromatic carbocycles. The molecule has 1 amide bonds. The van der Waals surface area contributed by atoms with E-state index in [-0.39, 0.29) is 24.7 Å². The highest BCUT2D eigenvalue weighted by molar-refractivity contribution is 5.79. The van der Waals surface area contributed by atoms with Gasteiger partial charge >= 0.3 is 0 Å². The van der Waals surface area contributed by atoms with Crippen molar-refractivity contribution in [1.82, 2.24) is 14.8 Å². The van der Waals surface area contributed by atoms with E-state index in [1.165, 1.54) is 0 Å². The van der Waals surface area contributed by atoms with E-state index in [1.54, 1.807) is 18.2 Å². The summed E-state index contributed by atoms with van der Waals surface area (Å²) in [5.74, 6) is 1.08. The van der Waals surface area contributed by atoms with Crippen molar-refractivity contribution in [3.8, 4) is 0 Å². The van der Waals surface area contributed by atoms with Crippen molar-refractivity contribution < 1.29 is 14.6 Å². The molecule has 3 heterocycles. The zero-order valence-corrected chi connectivity index (χ0v) is 14.2. The maximum Gasteiger partial charge on any atom is 0.237 e. The van der Waals surface area contributed by atoms with Gasteiger partial charge in [-0.2, -0.15) is 0 Å². The van der Waals surface area contributed by atoms with Crippen molar-refractivity contribution in [1.29, 1.82) is 0 Å². The van der Waals surface area contributed by atoms with Gasteiger partial charge in [-0.15, -0.1) is 0 Å². The molecule has 2 atom stereocenters. The topological polar surface area (TPSA) is 69.1 Å². The Morgan fingerprint density at radius 2 is 2.12 bits per heavy atom. The summed E-state index contributed by atoms with van der Waals surface area (Å²) in [4.78, 5) is 23.2. The number of aliphatic hydroxyl groups excluding tert-OH is 1. The van der Waals surface area contributed by atoms with Gasteiger partial charge in [0.25, 0.3) is 0 Å². The molecule has 24 heavy (non-hydrogen) atoms. The Hall–Kier alpha value is -1.70. The monoisotopic (exact) mass is 334 g/mol. The van der Waals surface area contributed by atoms with Crippen LogP contribution in [-0.4, -0.2) is 90.9 Å². The number of piperazine rings is 1. The second-order valence-electron chi connectivity index (χ2n) is 6.43. The first-order chi connectivity index (χ1) is 11.7. The number of hydrogen-bond donors (Lipinski definition) is 1. The van der Waals surface area contributed by atoms with Crippen LogP contribution in [0.3, 0.4) is 0 Å². The van der Waals surface area contributed by atoms with E-state index in [4.69, 9.17) is 4.74 Å². The van der Waals surface area contributed by atoms with Gasteiger partial charge in [-0.3, -0.25) is 9.69 Å². The number of pyridine rings is 1. The van der Waals surface area contributed by atoms with Crippen molar-refractivity contribution in [2.24, 2.45) is 0 Å². The normalized spacial score (nSPS) is 25.2. The average molecular weight is 334 g/mol. The van der Waals surface area contributed by atoms with Gasteiger partial charge in [-0.05, 0) is 18.6 Å². The highest BCUT2D eigenvalue weighted by atomic mass is 16.5. The average Bonchev–Trinajstić information content (AvgIpc) is 3.07. The summed E-state index contributed by atoms with van der Waals surface area (Å²) in [7, 11) is 1.66. The fraction of sp³-hybridized carbons (Fsp3) is 0.647. The van der Waals surface area contributed by atoms with Gasteiger partial charge < -0.3 is 19.6 Å². The standard InChI is InChI=1S/C17H26N4O3/c1-24-15-10-14(13-22)21(11-15)17(23)12-19-6-8-20(9-7-19)16-4-2-3-5-18-16/h2-5,14-15,22H,6-13H2,1H3/t14-,15-/m0/s1. The third-order valence-electron chi connectivity index (χ3n) is 4.94. The minimum absolute atomic E-state index is 0.000938. The molecule has 0 unspecified atom stereocenters. The molecule has 2 saturated heterocycles. The Morgan fingerprint density at radius 3 is 2.75 bits per heavy atom. The zero-order chi connectivity index (χ0) is 16.9. The first kappa shape index (κ1) is 17.1. The fourth-order valence-corrected chi connectivity index (χ4v) is 3.48. The summed E-state index contributed by atoms with van der Waals surface area (Å²) in [5, 5.41) is 9.49. The van der Waals surface area contributed by atoms with Crippen LogP contribution in [0, 0.1) is 0 Å². The van der Waals surface area contributed by atoms with Crippen LogP contribution < -0.4 is 4.90 Å². The number of aliphatic hydroxyl groups is 1. The van der Waals surface area contributed by atoms with Crippen LogP contribution in [0.2, 0.25) is 0 Å². The van der Waals surface area contributed by atoms with Crippen LogP contribution in [0.5, 0.6) is 0 Å². The predicted molar refractivity (Wildman–Crippen MR) is 90.9 cm³/mol. The van der Waals surface area contributed by atoms with Gasteiger partial charge in [-0.1, -0.05) is 6.07 Å². The van der Waals surface area contributed by atoms with Crippen LogP contribution in [0.1, 0.15) is 6.42 Å². The molecule has 0 radical (unpaired) electrons. The van der Waals surface area contributed by atoms with Gasteiger partial charge in [0.1, 0.15) is 5.82 Å². The number of aromatic nitrogens is 1. The molecule has 0 spiro atoms. The van der Waals surface area contributed by atoms with Gasteiger partial charge in [0.05, 0.1) is 25.3 Å². The lowest BCUT2D eigenvalue weighted by Gasteiger charge is -2.36. The lowest BCUT2D eigenvalue weighted by Crippen LogP contribution is -2.51. The fourth-order valence-electron chi connectivity index (χ4n) is 3.48. The van der Waals surface area contributed by atoms with E-state index in [2.05, 4.69) is 14.8 Å². The first-order valence-electron chi connectivity index (χ1n) is 8.52. The number of hydrogen-bond acceptors (Lipinski definition) is 6. The van der Waals surface area contributed by atoms with Crippen LogP contribution in [0.15, 0.2) is 24.4 Å². The number of carbonyl (C=O) groups is 1. The maximum absolute atomic E-state index is 12.6. The molecule has 3 rings (SSSR count). The van der Waals surface area contributed by atoms with Crippen molar-refractivity contribution in [2.75, 3.05) is 57.9 Å². The second-order valence-corrected chi connectivity index (χ2v) is 6.43. The summed E-state index contributed by atoms with van der Waals surface area (Å²) in [5.41, 5.74) is 0. The maximum atomic E-state index is 12.6. The number of anilines is 1. The molecular formula is C17H26N4O3. The SMILES string of the molecule is CO[C@H]1C[C@@H](CO)N(C(=O)CN2CCN(c3ccccn3)CC2)C1. The lowest BCUT2D eigenvalue weighted by atomic mass is 10.2. The molecule has 2 fully saturated rings. The van der Waals surface area contributed by atoms with Gasteiger partial charge in [0.2, 0.25) is 5.91 Å². The Balaban J connectivity index is 1.50. The number of carbonyl (C=O) groups excluding carboxylic acids is 1. The van der Waals surface area contributed by atoms with Crippen LogP contribution in [0.4, 0.5) is 5.82 Å². The summed E-state index contributed by atoms with van der Waals surface area (Å²) in [6.07, 6.45) is 2.55. The van der Waals surface area contributed by atoms with Gasteiger partial charge in [-0.25, -0.2) is 4.98 Å². The van der Waals surface area contributed by atoms with Crippen molar-refractivity contribution in [3.63, 3.8) is 0 Å². The third kappa shape index (κ3) is 3.85. The minimum atomic E-state index is -0.114. The van der Waals surface area contributed by atoms with E-state index >= 15 is 0 Å². The Labute approximate surface area is 142 Å². The number of nitrogens with zero attached hydrogens (tertiary/aromatic N) is 4. The Morgan fingerprint density at radius 1 is 1.33 bits per heavy atom. The molecular weight excluding hydrogens is 308 g/mol.